The summed E-state index contributed by atoms with van der Waals surface area (Å²) in [7, 11) is 0. The summed E-state index contributed by atoms with van der Waals surface area (Å²) in [6.45, 7) is 4.68. The molecule has 0 bridgehead atoms. The Kier molecular flexibility index (Phi) is 6.65. The minimum Gasteiger partial charge on any atom is -0.456 e. The molecule has 0 spiro atoms. The van der Waals surface area contributed by atoms with Crippen molar-refractivity contribution in [1.29, 1.82) is 0 Å². The van der Waals surface area contributed by atoms with E-state index < -0.39 is 0 Å². The smallest absolute Gasteiger partial charge is 0.136 e. The fourth-order valence-corrected chi connectivity index (χ4v) is 9.39. The van der Waals surface area contributed by atoms with Crippen LogP contribution in [-0.2, 0) is 5.41 Å². The van der Waals surface area contributed by atoms with Gasteiger partial charge in [0.1, 0.15) is 22.5 Å². The van der Waals surface area contributed by atoms with Crippen LogP contribution in [0.25, 0.3) is 82.9 Å². The lowest BCUT2D eigenvalue weighted by Crippen LogP contribution is -2.16. The van der Waals surface area contributed by atoms with Crippen molar-refractivity contribution >= 4 is 71.8 Å². The molecule has 0 saturated heterocycles. The van der Waals surface area contributed by atoms with E-state index in [9.17, 15) is 0 Å². The average molecular weight is 733 g/mol. The molecule has 0 unspecified atom stereocenters. The van der Waals surface area contributed by atoms with Crippen molar-refractivity contribution in [3.63, 3.8) is 0 Å². The van der Waals surface area contributed by atoms with E-state index in [1.165, 1.54) is 33.0 Å². The molecule has 0 saturated carbocycles. The van der Waals surface area contributed by atoms with Crippen molar-refractivity contribution < 1.29 is 8.83 Å². The molecule has 4 nitrogen and oxygen atoms in total. The van der Waals surface area contributed by atoms with Crippen LogP contribution in [0.15, 0.2) is 191 Å². The predicted octanol–water partition coefficient (Wildman–Crippen LogP) is 14.9. The number of hydrogen-bond donors (Lipinski definition) is 0. The summed E-state index contributed by atoms with van der Waals surface area (Å²) in [5.41, 5.74) is 15.6. The van der Waals surface area contributed by atoms with Gasteiger partial charge in [-0.2, -0.15) is 0 Å². The normalized spacial score (nSPS) is 13.2. The van der Waals surface area contributed by atoms with E-state index in [1.54, 1.807) is 0 Å². The number of benzene rings is 8. The lowest BCUT2D eigenvalue weighted by Gasteiger charge is -2.28. The fraction of sp³-hybridized carbons (Fsp3) is 0.0566. The molecule has 12 rings (SSSR count). The molecule has 0 aliphatic heterocycles. The fourth-order valence-electron chi connectivity index (χ4n) is 9.39. The van der Waals surface area contributed by atoms with Gasteiger partial charge in [0.05, 0.1) is 11.0 Å². The standard InChI is InChI=1S/C53H36N2O2/c1-53(2)45-15-7-4-12-39(45)40-28-27-38(30-46(40)53)54(35-21-19-33(20-22-35)51-29-34-11-3-9-17-49(34)56-51)36-23-25-37(26-24-36)55-47-16-8-5-13-41(47)43-32-52-44(31-48(43)55)42-14-6-10-18-50(42)57-52/h3-32H,1-2H3. The first kappa shape index (κ1) is 32.0. The van der Waals surface area contributed by atoms with E-state index in [0.717, 1.165) is 78.0 Å². The van der Waals surface area contributed by atoms with Crippen molar-refractivity contribution in [2.75, 3.05) is 4.90 Å². The maximum absolute atomic E-state index is 6.34. The molecular weight excluding hydrogens is 697 g/mol. The van der Waals surface area contributed by atoms with E-state index in [0.29, 0.717) is 0 Å². The topological polar surface area (TPSA) is 34.5 Å². The van der Waals surface area contributed by atoms with Crippen LogP contribution < -0.4 is 4.90 Å². The van der Waals surface area contributed by atoms with Crippen LogP contribution in [0.5, 0.6) is 0 Å². The van der Waals surface area contributed by atoms with Crippen molar-refractivity contribution in [1.82, 2.24) is 4.57 Å². The van der Waals surface area contributed by atoms with E-state index in [4.69, 9.17) is 8.83 Å². The van der Waals surface area contributed by atoms with Gasteiger partial charge in [-0.15, -0.1) is 0 Å². The highest BCUT2D eigenvalue weighted by Crippen LogP contribution is 2.51. The highest BCUT2D eigenvalue weighted by Gasteiger charge is 2.35. The van der Waals surface area contributed by atoms with Gasteiger partial charge in [-0.3, -0.25) is 0 Å². The number of para-hydroxylation sites is 3. The molecule has 3 aromatic heterocycles. The first-order chi connectivity index (χ1) is 28.0. The van der Waals surface area contributed by atoms with Crippen LogP contribution in [0.3, 0.4) is 0 Å². The highest BCUT2D eigenvalue weighted by atomic mass is 16.3. The molecule has 8 aromatic carbocycles. The van der Waals surface area contributed by atoms with E-state index in [1.807, 2.05) is 30.3 Å². The summed E-state index contributed by atoms with van der Waals surface area (Å²) in [5.74, 6) is 0.863. The second-order valence-electron chi connectivity index (χ2n) is 15.8. The third-order valence-electron chi connectivity index (χ3n) is 12.2. The van der Waals surface area contributed by atoms with Gasteiger partial charge < -0.3 is 18.3 Å². The van der Waals surface area contributed by atoms with Crippen LogP contribution >= 0.6 is 0 Å². The Morgan fingerprint density at radius 2 is 1.11 bits per heavy atom. The van der Waals surface area contributed by atoms with Gasteiger partial charge in [0.25, 0.3) is 0 Å². The molecule has 1 aliphatic rings. The summed E-state index contributed by atoms with van der Waals surface area (Å²) >= 11 is 0. The Bertz CT molecular complexity index is 3340. The Labute approximate surface area is 329 Å². The molecular formula is C53H36N2O2. The van der Waals surface area contributed by atoms with Crippen molar-refractivity contribution in [3.8, 4) is 28.1 Å². The number of nitrogens with zero attached hydrogens (tertiary/aromatic N) is 2. The summed E-state index contributed by atoms with van der Waals surface area (Å²) in [6.07, 6.45) is 0. The molecule has 4 heteroatoms. The summed E-state index contributed by atoms with van der Waals surface area (Å²) in [6, 6.07) is 65.3. The van der Waals surface area contributed by atoms with Gasteiger partial charge in [0, 0.05) is 60.7 Å². The summed E-state index contributed by atoms with van der Waals surface area (Å²) in [4.78, 5) is 2.37. The second-order valence-corrected chi connectivity index (χ2v) is 15.8. The van der Waals surface area contributed by atoms with Gasteiger partial charge in [-0.25, -0.2) is 0 Å². The van der Waals surface area contributed by atoms with Gasteiger partial charge in [0.15, 0.2) is 0 Å². The molecule has 0 atom stereocenters. The van der Waals surface area contributed by atoms with Gasteiger partial charge in [0.2, 0.25) is 0 Å². The molecule has 270 valence electrons. The van der Waals surface area contributed by atoms with Gasteiger partial charge in [-0.1, -0.05) is 98.8 Å². The Hall–Kier alpha value is -7.30. The molecule has 3 heterocycles. The number of fused-ring (bicyclic) bond motifs is 10. The van der Waals surface area contributed by atoms with Gasteiger partial charge in [-0.05, 0) is 119 Å². The third-order valence-corrected chi connectivity index (χ3v) is 12.2. The van der Waals surface area contributed by atoms with E-state index in [2.05, 4.69) is 175 Å². The van der Waals surface area contributed by atoms with Crippen LogP contribution in [0, 0.1) is 0 Å². The van der Waals surface area contributed by atoms with Crippen LogP contribution in [-0.4, -0.2) is 4.57 Å². The average Bonchev–Trinajstić information content (AvgIpc) is 3.99. The van der Waals surface area contributed by atoms with Gasteiger partial charge >= 0.3 is 0 Å². The van der Waals surface area contributed by atoms with Crippen LogP contribution in [0.1, 0.15) is 25.0 Å². The van der Waals surface area contributed by atoms with Crippen molar-refractivity contribution in [3.05, 3.63) is 193 Å². The molecule has 11 aromatic rings. The first-order valence-electron chi connectivity index (χ1n) is 19.6. The predicted molar refractivity (Wildman–Crippen MR) is 236 cm³/mol. The quantitative estimate of drug-likeness (QED) is 0.177. The molecule has 1 aliphatic carbocycles. The molecule has 0 N–H and O–H groups in total. The number of rotatable bonds is 5. The zero-order valence-corrected chi connectivity index (χ0v) is 31.5. The lowest BCUT2D eigenvalue weighted by molar-refractivity contribution is 0.631. The molecule has 0 fully saturated rings. The highest BCUT2D eigenvalue weighted by molar-refractivity contribution is 6.17. The van der Waals surface area contributed by atoms with E-state index >= 15 is 0 Å². The van der Waals surface area contributed by atoms with Crippen LogP contribution in [0.2, 0.25) is 0 Å². The number of hydrogen-bond acceptors (Lipinski definition) is 3. The Balaban J connectivity index is 1.01. The maximum Gasteiger partial charge on any atom is 0.136 e. The second kappa shape index (κ2) is 11.8. The molecule has 0 amide bonds. The molecule has 0 radical (unpaired) electrons. The largest absolute Gasteiger partial charge is 0.456 e. The Morgan fingerprint density at radius 1 is 0.439 bits per heavy atom. The number of furan rings is 2. The molecule has 57 heavy (non-hydrogen) atoms. The zero-order valence-electron chi connectivity index (χ0n) is 31.5. The third kappa shape index (κ3) is 4.74. The number of anilines is 3. The first-order valence-corrected chi connectivity index (χ1v) is 19.6. The summed E-state index contributed by atoms with van der Waals surface area (Å²) < 4.78 is 15.0. The maximum atomic E-state index is 6.34. The minimum atomic E-state index is -0.120. The van der Waals surface area contributed by atoms with Crippen molar-refractivity contribution in [2.24, 2.45) is 0 Å². The van der Waals surface area contributed by atoms with Crippen LogP contribution in [0.4, 0.5) is 17.1 Å². The van der Waals surface area contributed by atoms with Crippen molar-refractivity contribution in [2.45, 2.75) is 19.3 Å². The zero-order chi connectivity index (χ0) is 37.8. The van der Waals surface area contributed by atoms with E-state index in [-0.39, 0.29) is 5.41 Å². The SMILES string of the molecule is CC1(C)c2ccccc2-c2ccc(N(c3ccc(-c4cc5ccccc5o4)cc3)c3ccc(-n4c5ccccc5c5cc6oc7ccccc7c6cc54)cc3)cc21. The summed E-state index contributed by atoms with van der Waals surface area (Å²) in [5, 5.41) is 5.73. The lowest BCUT2D eigenvalue weighted by atomic mass is 9.82. The Morgan fingerprint density at radius 3 is 1.93 bits per heavy atom. The minimum absolute atomic E-state index is 0.120. The number of aromatic nitrogens is 1. The monoisotopic (exact) mass is 732 g/mol.